The molecule has 5 rings (SSSR count). The lowest BCUT2D eigenvalue weighted by molar-refractivity contribution is 0.414. The molecule has 0 bridgehead atoms. The number of aryl methyl sites for hydroxylation is 1. The van der Waals surface area contributed by atoms with Crippen molar-refractivity contribution < 1.29 is 9.15 Å². The Hall–Kier alpha value is -3.55. The second kappa shape index (κ2) is 9.98. The van der Waals surface area contributed by atoms with Crippen LogP contribution < -0.4 is 10.3 Å². The number of benzene rings is 3. The number of rotatable bonds is 7. The summed E-state index contributed by atoms with van der Waals surface area (Å²) < 4.78 is 12.9. The first-order valence-corrected chi connectivity index (χ1v) is 12.4. The highest BCUT2D eigenvalue weighted by atomic mass is 35.5. The molecule has 35 heavy (non-hydrogen) atoms. The minimum absolute atomic E-state index is 0.0783. The maximum absolute atomic E-state index is 13.4. The smallest absolute Gasteiger partial charge is 0.262 e. The number of methoxy groups -OCH3 is 1. The maximum Gasteiger partial charge on any atom is 0.262 e. The molecule has 0 N–H and O–H groups in total. The van der Waals surface area contributed by atoms with Gasteiger partial charge in [-0.2, -0.15) is 0 Å². The van der Waals surface area contributed by atoms with E-state index in [9.17, 15) is 4.79 Å². The molecule has 0 fully saturated rings. The molecule has 2 aromatic heterocycles. The quantitative estimate of drug-likeness (QED) is 0.190. The van der Waals surface area contributed by atoms with Gasteiger partial charge in [-0.15, -0.1) is 0 Å². The third-order valence-electron chi connectivity index (χ3n) is 5.63. The van der Waals surface area contributed by atoms with E-state index in [0.29, 0.717) is 39.3 Å². The monoisotopic (exact) mass is 503 g/mol. The van der Waals surface area contributed by atoms with Gasteiger partial charge in [0.2, 0.25) is 5.89 Å². The van der Waals surface area contributed by atoms with Gasteiger partial charge in [0.1, 0.15) is 11.5 Å². The number of thioether (sulfide) groups is 1. The highest BCUT2D eigenvalue weighted by Gasteiger charge is 2.16. The van der Waals surface area contributed by atoms with Crippen LogP contribution in [0.3, 0.4) is 0 Å². The Morgan fingerprint density at radius 1 is 1.03 bits per heavy atom. The summed E-state index contributed by atoms with van der Waals surface area (Å²) in [6.45, 7) is 2.28. The minimum atomic E-state index is -0.0783. The molecule has 5 aromatic rings. The predicted molar refractivity (Wildman–Crippen MR) is 139 cm³/mol. The van der Waals surface area contributed by atoms with Gasteiger partial charge in [-0.1, -0.05) is 53.7 Å². The van der Waals surface area contributed by atoms with Gasteiger partial charge in [-0.25, -0.2) is 9.97 Å². The van der Waals surface area contributed by atoms with E-state index in [1.54, 1.807) is 11.7 Å². The summed E-state index contributed by atoms with van der Waals surface area (Å²) >= 11 is 7.59. The molecule has 0 aliphatic carbocycles. The topological polar surface area (TPSA) is 70.2 Å². The number of hydrogen-bond donors (Lipinski definition) is 0. The molecule has 0 saturated carbocycles. The number of aromatic nitrogens is 3. The summed E-state index contributed by atoms with van der Waals surface area (Å²) in [6, 6.07) is 22.5. The number of ether oxygens (including phenoxy) is 1. The second-order valence-electron chi connectivity index (χ2n) is 7.97. The number of halogens is 1. The lowest BCUT2D eigenvalue weighted by Crippen LogP contribution is -2.24. The van der Waals surface area contributed by atoms with Gasteiger partial charge in [0.05, 0.1) is 30.3 Å². The van der Waals surface area contributed by atoms with E-state index in [1.165, 1.54) is 11.8 Å². The molecular weight excluding hydrogens is 482 g/mol. The molecule has 0 radical (unpaired) electrons. The van der Waals surface area contributed by atoms with Crippen molar-refractivity contribution in [2.45, 2.75) is 24.4 Å². The van der Waals surface area contributed by atoms with Crippen LogP contribution in [0.4, 0.5) is 0 Å². The molecule has 0 unspecified atom stereocenters. The zero-order chi connectivity index (χ0) is 24.4. The first kappa shape index (κ1) is 23.2. The predicted octanol–water partition coefficient (Wildman–Crippen LogP) is 6.36. The van der Waals surface area contributed by atoms with Crippen LogP contribution in [0.5, 0.6) is 5.75 Å². The molecule has 8 heteroatoms. The van der Waals surface area contributed by atoms with Gasteiger partial charge in [0.25, 0.3) is 5.56 Å². The van der Waals surface area contributed by atoms with Crippen LogP contribution >= 0.6 is 23.4 Å². The van der Waals surface area contributed by atoms with E-state index in [-0.39, 0.29) is 5.56 Å². The van der Waals surface area contributed by atoms with Gasteiger partial charge >= 0.3 is 0 Å². The average Bonchev–Trinajstić information content (AvgIpc) is 3.25. The Kier molecular flexibility index (Phi) is 6.61. The van der Waals surface area contributed by atoms with Gasteiger partial charge < -0.3 is 9.15 Å². The molecule has 0 aliphatic heterocycles. The molecule has 0 atom stereocenters. The first-order valence-electron chi connectivity index (χ1n) is 11.0. The summed E-state index contributed by atoms with van der Waals surface area (Å²) in [5.41, 5.74) is 3.18. The highest BCUT2D eigenvalue weighted by molar-refractivity contribution is 7.98. The molecule has 0 amide bonds. The van der Waals surface area contributed by atoms with E-state index in [0.717, 1.165) is 28.3 Å². The van der Waals surface area contributed by atoms with Crippen molar-refractivity contribution in [1.29, 1.82) is 0 Å². The fraction of sp³-hybridized carbons (Fsp3) is 0.148. The van der Waals surface area contributed by atoms with Crippen molar-refractivity contribution in [3.8, 4) is 17.2 Å². The molecule has 0 aliphatic rings. The minimum Gasteiger partial charge on any atom is -0.497 e. The lowest BCUT2D eigenvalue weighted by Gasteiger charge is -2.13. The van der Waals surface area contributed by atoms with Crippen molar-refractivity contribution in [2.75, 3.05) is 7.11 Å². The van der Waals surface area contributed by atoms with E-state index >= 15 is 0 Å². The van der Waals surface area contributed by atoms with Crippen molar-refractivity contribution in [2.24, 2.45) is 0 Å². The third kappa shape index (κ3) is 4.97. The Balaban J connectivity index is 1.47. The zero-order valence-electron chi connectivity index (χ0n) is 19.2. The molecular formula is C27H22ClN3O3S. The SMILES string of the molecule is COc1ccc(Cn2c(SCc3nc(-c4cccc(Cl)c4)oc3C)nc3ccccc3c2=O)cc1. The standard InChI is InChI=1S/C27H22ClN3O3S/c1-17-24(29-25(34-17)19-6-5-7-20(28)14-19)16-35-27-30-23-9-4-3-8-22(23)26(32)31(27)15-18-10-12-21(33-2)13-11-18/h3-14H,15-16H2,1-2H3. The van der Waals surface area contributed by atoms with E-state index in [4.69, 9.17) is 25.7 Å². The van der Waals surface area contributed by atoms with Crippen molar-refractivity contribution in [3.05, 3.63) is 105 Å². The number of oxazole rings is 1. The third-order valence-corrected chi connectivity index (χ3v) is 6.85. The number of hydrogen-bond acceptors (Lipinski definition) is 6. The van der Waals surface area contributed by atoms with Gasteiger partial charge in [0.15, 0.2) is 5.16 Å². The second-order valence-corrected chi connectivity index (χ2v) is 9.35. The van der Waals surface area contributed by atoms with Crippen LogP contribution in [0.1, 0.15) is 17.0 Å². The molecule has 2 heterocycles. The molecule has 3 aromatic carbocycles. The van der Waals surface area contributed by atoms with Crippen molar-refractivity contribution in [3.63, 3.8) is 0 Å². The Morgan fingerprint density at radius 2 is 1.83 bits per heavy atom. The molecule has 0 spiro atoms. The average molecular weight is 504 g/mol. The Labute approximate surface area is 211 Å². The zero-order valence-corrected chi connectivity index (χ0v) is 20.8. The van der Waals surface area contributed by atoms with E-state index in [1.807, 2.05) is 79.7 Å². The fourth-order valence-electron chi connectivity index (χ4n) is 3.75. The summed E-state index contributed by atoms with van der Waals surface area (Å²) in [7, 11) is 1.63. The summed E-state index contributed by atoms with van der Waals surface area (Å²) in [6.07, 6.45) is 0. The van der Waals surface area contributed by atoms with E-state index in [2.05, 4.69) is 4.98 Å². The van der Waals surface area contributed by atoms with Crippen LogP contribution in [0.2, 0.25) is 5.02 Å². The largest absolute Gasteiger partial charge is 0.497 e. The highest BCUT2D eigenvalue weighted by Crippen LogP contribution is 2.28. The van der Waals surface area contributed by atoms with Crippen LogP contribution in [0.15, 0.2) is 87.2 Å². The fourth-order valence-corrected chi connectivity index (χ4v) is 4.94. The Bertz CT molecular complexity index is 1560. The number of nitrogens with zero attached hydrogens (tertiary/aromatic N) is 3. The van der Waals surface area contributed by atoms with Crippen molar-refractivity contribution in [1.82, 2.24) is 14.5 Å². The van der Waals surface area contributed by atoms with Crippen molar-refractivity contribution >= 4 is 34.3 Å². The molecule has 0 saturated heterocycles. The van der Waals surface area contributed by atoms with E-state index < -0.39 is 0 Å². The summed E-state index contributed by atoms with van der Waals surface area (Å²) in [5.74, 6) is 2.51. The first-order chi connectivity index (χ1) is 17.0. The number of para-hydroxylation sites is 1. The Morgan fingerprint density at radius 3 is 2.60 bits per heavy atom. The van der Waals surface area contributed by atoms with Crippen LogP contribution in [-0.4, -0.2) is 21.6 Å². The van der Waals surface area contributed by atoms with Gasteiger partial charge in [-0.05, 0) is 55.0 Å². The molecule has 176 valence electrons. The summed E-state index contributed by atoms with van der Waals surface area (Å²) in [4.78, 5) is 22.9. The lowest BCUT2D eigenvalue weighted by atomic mass is 10.2. The molecule has 6 nitrogen and oxygen atoms in total. The van der Waals surface area contributed by atoms with Crippen LogP contribution in [-0.2, 0) is 12.3 Å². The van der Waals surface area contributed by atoms with Gasteiger partial charge in [0, 0.05) is 16.3 Å². The summed E-state index contributed by atoms with van der Waals surface area (Å²) in [5, 5.41) is 1.83. The van der Waals surface area contributed by atoms with Gasteiger partial charge in [-0.3, -0.25) is 9.36 Å². The van der Waals surface area contributed by atoms with Crippen LogP contribution in [0.25, 0.3) is 22.4 Å². The maximum atomic E-state index is 13.4. The van der Waals surface area contributed by atoms with Crippen LogP contribution in [0, 0.1) is 6.92 Å². The number of fused-ring (bicyclic) bond motifs is 1. The normalized spacial score (nSPS) is 11.2.